The molecule has 0 aliphatic rings. The van der Waals surface area contributed by atoms with Gasteiger partial charge >= 0.3 is 0 Å². The summed E-state index contributed by atoms with van der Waals surface area (Å²) in [5, 5.41) is 0. The van der Waals surface area contributed by atoms with Crippen LogP contribution in [0.3, 0.4) is 0 Å². The first-order valence-electron chi connectivity index (χ1n) is 6.24. The Morgan fingerprint density at radius 2 is 1.67 bits per heavy atom. The Hall–Kier alpha value is -1.80. The maximum absolute atomic E-state index is 5.74. The van der Waals surface area contributed by atoms with E-state index in [1.165, 1.54) is 16.7 Å². The van der Waals surface area contributed by atoms with Crippen molar-refractivity contribution in [1.29, 1.82) is 0 Å². The molecule has 0 radical (unpaired) electrons. The average molecular weight is 241 g/mol. The number of methoxy groups -OCH3 is 1. The third-order valence-corrected chi connectivity index (χ3v) is 3.20. The molecule has 94 valence electrons. The van der Waals surface area contributed by atoms with E-state index in [1.54, 1.807) is 7.11 Å². The molecule has 2 heteroatoms. The van der Waals surface area contributed by atoms with E-state index in [2.05, 4.69) is 43.3 Å². The number of hydrogen-bond acceptors (Lipinski definition) is 2. The van der Waals surface area contributed by atoms with Crippen LogP contribution in [0.2, 0.25) is 0 Å². The van der Waals surface area contributed by atoms with Crippen LogP contribution in [-0.4, -0.2) is 7.11 Å². The highest BCUT2D eigenvalue weighted by Crippen LogP contribution is 2.26. The van der Waals surface area contributed by atoms with E-state index >= 15 is 0 Å². The van der Waals surface area contributed by atoms with Crippen LogP contribution in [0, 0.1) is 0 Å². The van der Waals surface area contributed by atoms with Crippen molar-refractivity contribution in [2.24, 2.45) is 5.73 Å². The van der Waals surface area contributed by atoms with Crippen LogP contribution < -0.4 is 10.5 Å². The summed E-state index contributed by atoms with van der Waals surface area (Å²) in [5.41, 5.74) is 10.5. The zero-order valence-electron chi connectivity index (χ0n) is 10.9. The van der Waals surface area contributed by atoms with Gasteiger partial charge in [0.2, 0.25) is 0 Å². The van der Waals surface area contributed by atoms with Crippen molar-refractivity contribution in [3.05, 3.63) is 53.6 Å². The third kappa shape index (κ3) is 2.54. The predicted octanol–water partition coefficient (Wildman–Crippen LogP) is 3.38. The minimum Gasteiger partial charge on any atom is -0.496 e. The molecule has 2 aromatic rings. The highest BCUT2D eigenvalue weighted by Gasteiger charge is 2.04. The second-order valence-electron chi connectivity index (χ2n) is 4.28. The van der Waals surface area contributed by atoms with Gasteiger partial charge in [-0.2, -0.15) is 0 Å². The number of aryl methyl sites for hydroxylation is 1. The number of rotatable bonds is 4. The van der Waals surface area contributed by atoms with E-state index in [0.29, 0.717) is 6.54 Å². The van der Waals surface area contributed by atoms with Crippen LogP contribution in [0.1, 0.15) is 18.1 Å². The van der Waals surface area contributed by atoms with Crippen molar-refractivity contribution in [2.75, 3.05) is 7.11 Å². The van der Waals surface area contributed by atoms with Gasteiger partial charge in [-0.3, -0.25) is 0 Å². The summed E-state index contributed by atoms with van der Waals surface area (Å²) in [5.74, 6) is 0.853. The number of hydrogen-bond donors (Lipinski definition) is 1. The highest BCUT2D eigenvalue weighted by molar-refractivity contribution is 5.66. The second kappa shape index (κ2) is 5.69. The topological polar surface area (TPSA) is 35.2 Å². The Kier molecular flexibility index (Phi) is 4.00. The van der Waals surface area contributed by atoms with Crippen molar-refractivity contribution in [3.8, 4) is 16.9 Å². The zero-order chi connectivity index (χ0) is 13.0. The molecule has 18 heavy (non-hydrogen) atoms. The largest absolute Gasteiger partial charge is 0.496 e. The van der Waals surface area contributed by atoms with Gasteiger partial charge in [0.15, 0.2) is 0 Å². The van der Waals surface area contributed by atoms with Gasteiger partial charge in [-0.15, -0.1) is 0 Å². The number of benzene rings is 2. The highest BCUT2D eigenvalue weighted by atomic mass is 16.5. The van der Waals surface area contributed by atoms with E-state index in [4.69, 9.17) is 10.5 Å². The lowest BCUT2D eigenvalue weighted by molar-refractivity contribution is 0.410. The molecule has 0 bridgehead atoms. The molecule has 0 fully saturated rings. The standard InChI is InChI=1S/C16H19NO/c1-3-12-4-6-13(7-5-12)14-8-9-16(18-2)15(10-14)11-17/h4-10H,3,11,17H2,1-2H3. The quantitative estimate of drug-likeness (QED) is 0.890. The van der Waals surface area contributed by atoms with Crippen molar-refractivity contribution < 1.29 is 4.74 Å². The van der Waals surface area contributed by atoms with Gasteiger partial charge < -0.3 is 10.5 Å². The van der Waals surface area contributed by atoms with E-state index in [0.717, 1.165) is 17.7 Å². The molecule has 0 aliphatic carbocycles. The average Bonchev–Trinajstić information content (AvgIpc) is 2.46. The SMILES string of the molecule is CCc1ccc(-c2ccc(OC)c(CN)c2)cc1. The van der Waals surface area contributed by atoms with Crippen molar-refractivity contribution in [3.63, 3.8) is 0 Å². The fraction of sp³-hybridized carbons (Fsp3) is 0.250. The van der Waals surface area contributed by atoms with Crippen LogP contribution in [0.5, 0.6) is 5.75 Å². The van der Waals surface area contributed by atoms with E-state index in [1.807, 2.05) is 6.07 Å². The number of nitrogens with two attached hydrogens (primary N) is 1. The summed E-state index contributed by atoms with van der Waals surface area (Å²) >= 11 is 0. The maximum Gasteiger partial charge on any atom is 0.123 e. The van der Waals surface area contributed by atoms with Crippen LogP contribution in [0.4, 0.5) is 0 Å². The van der Waals surface area contributed by atoms with Crippen molar-refractivity contribution in [1.82, 2.24) is 0 Å². The molecule has 0 aliphatic heterocycles. The Labute approximate surface area is 108 Å². The summed E-state index contributed by atoms with van der Waals surface area (Å²) in [6.45, 7) is 2.65. The molecule has 0 saturated carbocycles. The summed E-state index contributed by atoms with van der Waals surface area (Å²) in [6.07, 6.45) is 1.07. The molecule has 0 unspecified atom stereocenters. The molecule has 2 aromatic carbocycles. The van der Waals surface area contributed by atoms with E-state index in [9.17, 15) is 0 Å². The summed E-state index contributed by atoms with van der Waals surface area (Å²) < 4.78 is 5.28. The molecule has 0 heterocycles. The summed E-state index contributed by atoms with van der Waals surface area (Å²) in [6, 6.07) is 14.8. The smallest absolute Gasteiger partial charge is 0.123 e. The lowest BCUT2D eigenvalue weighted by atomic mass is 10.0. The van der Waals surface area contributed by atoms with Gasteiger partial charge in [0.25, 0.3) is 0 Å². The van der Waals surface area contributed by atoms with Crippen molar-refractivity contribution in [2.45, 2.75) is 19.9 Å². The fourth-order valence-corrected chi connectivity index (χ4v) is 2.05. The Morgan fingerprint density at radius 1 is 1.00 bits per heavy atom. The Balaban J connectivity index is 2.37. The minimum atomic E-state index is 0.490. The molecule has 2 N–H and O–H groups in total. The van der Waals surface area contributed by atoms with Gasteiger partial charge in [-0.05, 0) is 35.2 Å². The normalized spacial score (nSPS) is 10.4. The summed E-state index contributed by atoms with van der Waals surface area (Å²) in [7, 11) is 1.67. The minimum absolute atomic E-state index is 0.490. The maximum atomic E-state index is 5.74. The lowest BCUT2D eigenvalue weighted by Crippen LogP contribution is -2.00. The van der Waals surface area contributed by atoms with Gasteiger partial charge in [-0.25, -0.2) is 0 Å². The molecule has 2 rings (SSSR count). The molecule has 0 spiro atoms. The fourth-order valence-electron chi connectivity index (χ4n) is 2.05. The molecule has 0 atom stereocenters. The monoisotopic (exact) mass is 241 g/mol. The van der Waals surface area contributed by atoms with Crippen LogP contribution in [-0.2, 0) is 13.0 Å². The molecule has 2 nitrogen and oxygen atoms in total. The Bertz CT molecular complexity index is 517. The first kappa shape index (κ1) is 12.7. The zero-order valence-corrected chi connectivity index (χ0v) is 10.9. The van der Waals surface area contributed by atoms with Gasteiger partial charge in [0.1, 0.15) is 5.75 Å². The van der Waals surface area contributed by atoms with Gasteiger partial charge in [0, 0.05) is 12.1 Å². The summed E-state index contributed by atoms with van der Waals surface area (Å²) in [4.78, 5) is 0. The number of ether oxygens (including phenoxy) is 1. The van der Waals surface area contributed by atoms with E-state index in [-0.39, 0.29) is 0 Å². The van der Waals surface area contributed by atoms with E-state index < -0.39 is 0 Å². The molecule has 0 saturated heterocycles. The predicted molar refractivity (Wildman–Crippen MR) is 75.7 cm³/mol. The molecule has 0 aromatic heterocycles. The molecular formula is C16H19NO. The lowest BCUT2D eigenvalue weighted by Gasteiger charge is -2.09. The van der Waals surface area contributed by atoms with Crippen LogP contribution in [0.25, 0.3) is 11.1 Å². The second-order valence-corrected chi connectivity index (χ2v) is 4.28. The van der Waals surface area contributed by atoms with Gasteiger partial charge in [-0.1, -0.05) is 37.3 Å². The Morgan fingerprint density at radius 3 is 2.22 bits per heavy atom. The van der Waals surface area contributed by atoms with Gasteiger partial charge in [0.05, 0.1) is 7.11 Å². The van der Waals surface area contributed by atoms with Crippen LogP contribution >= 0.6 is 0 Å². The molecular weight excluding hydrogens is 222 g/mol. The third-order valence-electron chi connectivity index (χ3n) is 3.20. The van der Waals surface area contributed by atoms with Crippen molar-refractivity contribution >= 4 is 0 Å². The molecule has 0 amide bonds. The van der Waals surface area contributed by atoms with Crippen LogP contribution in [0.15, 0.2) is 42.5 Å². The first-order valence-corrected chi connectivity index (χ1v) is 6.24. The first-order chi connectivity index (χ1) is 8.78.